The average molecular weight is 376 g/mol. The van der Waals surface area contributed by atoms with Crippen LogP contribution in [0.25, 0.3) is 0 Å². The lowest BCUT2D eigenvalue weighted by molar-refractivity contribution is -0.121. The van der Waals surface area contributed by atoms with Crippen LogP contribution in [-0.4, -0.2) is 16.9 Å². The van der Waals surface area contributed by atoms with Gasteiger partial charge in [-0.25, -0.2) is 0 Å². The van der Waals surface area contributed by atoms with Crippen LogP contribution in [0.5, 0.6) is 0 Å². The van der Waals surface area contributed by atoms with Gasteiger partial charge >= 0.3 is 0 Å². The normalized spacial score (nSPS) is 14.5. The van der Waals surface area contributed by atoms with Gasteiger partial charge < -0.3 is 16.0 Å². The summed E-state index contributed by atoms with van der Waals surface area (Å²) in [5, 5.41) is 8.97. The van der Waals surface area contributed by atoms with Crippen LogP contribution in [0.1, 0.15) is 64.7 Å². The standard InChI is InChI=1S/C20H29N3O2S/c1-2-3-5-13-18(24)23-20(26)22-17-12-8-11-16(14-17)21-19(25)15-9-6-4-7-10-15/h8,11-12,14-15H,2-7,9-10,13H2,1H3,(H,21,25)(H2,22,23,24,26). The van der Waals surface area contributed by atoms with Crippen molar-refractivity contribution in [3.8, 4) is 0 Å². The Morgan fingerprint density at radius 2 is 1.77 bits per heavy atom. The van der Waals surface area contributed by atoms with E-state index in [9.17, 15) is 9.59 Å². The third-order valence-corrected chi connectivity index (χ3v) is 4.83. The van der Waals surface area contributed by atoms with Gasteiger partial charge in [0.05, 0.1) is 0 Å². The second kappa shape index (κ2) is 10.9. The molecule has 2 amide bonds. The Labute approximate surface area is 161 Å². The van der Waals surface area contributed by atoms with Crippen LogP contribution in [0.15, 0.2) is 24.3 Å². The molecule has 0 heterocycles. The second-order valence-corrected chi connectivity index (χ2v) is 7.27. The monoisotopic (exact) mass is 375 g/mol. The summed E-state index contributed by atoms with van der Waals surface area (Å²) in [5.74, 6) is 0.134. The third kappa shape index (κ3) is 7.12. The summed E-state index contributed by atoms with van der Waals surface area (Å²) >= 11 is 5.19. The topological polar surface area (TPSA) is 70.2 Å². The molecule has 26 heavy (non-hydrogen) atoms. The van der Waals surface area contributed by atoms with Crippen molar-refractivity contribution in [1.29, 1.82) is 0 Å². The Kier molecular flexibility index (Phi) is 8.54. The maximum atomic E-state index is 12.4. The fraction of sp³-hybridized carbons (Fsp3) is 0.550. The van der Waals surface area contributed by atoms with Gasteiger partial charge in [0.25, 0.3) is 0 Å². The molecule has 3 N–H and O–H groups in total. The van der Waals surface area contributed by atoms with E-state index >= 15 is 0 Å². The summed E-state index contributed by atoms with van der Waals surface area (Å²) in [7, 11) is 0. The highest BCUT2D eigenvalue weighted by molar-refractivity contribution is 7.80. The number of rotatable bonds is 7. The lowest BCUT2D eigenvalue weighted by atomic mass is 9.88. The van der Waals surface area contributed by atoms with Crippen LogP contribution in [0, 0.1) is 5.92 Å². The molecule has 1 aliphatic rings. The maximum absolute atomic E-state index is 12.4. The highest BCUT2D eigenvalue weighted by Gasteiger charge is 2.21. The van der Waals surface area contributed by atoms with Crippen LogP contribution >= 0.6 is 12.2 Å². The van der Waals surface area contributed by atoms with Gasteiger partial charge in [-0.15, -0.1) is 0 Å². The van der Waals surface area contributed by atoms with Gasteiger partial charge in [-0.2, -0.15) is 0 Å². The molecule has 1 aromatic rings. The molecule has 142 valence electrons. The fourth-order valence-corrected chi connectivity index (χ4v) is 3.40. The largest absolute Gasteiger partial charge is 0.332 e. The van der Waals surface area contributed by atoms with Gasteiger partial charge in [0.15, 0.2) is 5.11 Å². The van der Waals surface area contributed by atoms with Crippen LogP contribution in [0.4, 0.5) is 11.4 Å². The lowest BCUT2D eigenvalue weighted by Crippen LogP contribution is -2.33. The average Bonchev–Trinajstić information content (AvgIpc) is 2.62. The zero-order valence-electron chi connectivity index (χ0n) is 15.5. The molecule has 0 bridgehead atoms. The van der Waals surface area contributed by atoms with Crippen molar-refractivity contribution in [1.82, 2.24) is 5.32 Å². The molecule has 1 fully saturated rings. The minimum absolute atomic E-state index is 0.0716. The number of benzene rings is 1. The van der Waals surface area contributed by atoms with Crippen LogP contribution in [0.3, 0.4) is 0 Å². The van der Waals surface area contributed by atoms with Gasteiger partial charge in [-0.05, 0) is 49.7 Å². The maximum Gasteiger partial charge on any atom is 0.227 e. The van der Waals surface area contributed by atoms with E-state index < -0.39 is 0 Å². The first-order valence-corrected chi connectivity index (χ1v) is 10.0. The first-order chi connectivity index (χ1) is 12.6. The number of anilines is 2. The van der Waals surface area contributed by atoms with Crippen molar-refractivity contribution in [2.24, 2.45) is 5.92 Å². The van der Waals surface area contributed by atoms with Crippen molar-refractivity contribution >= 4 is 40.5 Å². The first-order valence-electron chi connectivity index (χ1n) is 9.60. The number of carbonyl (C=O) groups is 2. The number of carbonyl (C=O) groups excluding carboxylic acids is 2. The van der Waals surface area contributed by atoms with Gasteiger partial charge in [-0.1, -0.05) is 45.1 Å². The molecular weight excluding hydrogens is 346 g/mol. The van der Waals surface area contributed by atoms with Gasteiger partial charge in [0.2, 0.25) is 11.8 Å². The number of nitrogens with one attached hydrogen (secondary N) is 3. The Morgan fingerprint density at radius 1 is 1.08 bits per heavy atom. The highest BCUT2D eigenvalue weighted by atomic mass is 32.1. The molecule has 0 spiro atoms. The molecule has 2 rings (SSSR count). The Balaban J connectivity index is 1.83. The molecule has 0 radical (unpaired) electrons. The minimum atomic E-state index is -0.0716. The molecule has 0 saturated heterocycles. The van der Waals surface area contributed by atoms with E-state index in [1.54, 1.807) is 0 Å². The van der Waals surface area contributed by atoms with Crippen molar-refractivity contribution in [3.63, 3.8) is 0 Å². The van der Waals surface area contributed by atoms with E-state index in [4.69, 9.17) is 12.2 Å². The Hall–Kier alpha value is -1.95. The summed E-state index contributed by atoms with van der Waals surface area (Å²) in [5.41, 5.74) is 1.48. The summed E-state index contributed by atoms with van der Waals surface area (Å²) in [6.07, 6.45) is 8.89. The molecule has 5 nitrogen and oxygen atoms in total. The minimum Gasteiger partial charge on any atom is -0.332 e. The van der Waals surface area contributed by atoms with E-state index in [1.807, 2.05) is 24.3 Å². The van der Waals surface area contributed by atoms with Crippen molar-refractivity contribution in [2.75, 3.05) is 10.6 Å². The van der Waals surface area contributed by atoms with E-state index in [0.29, 0.717) is 6.42 Å². The number of unbranched alkanes of at least 4 members (excludes halogenated alkanes) is 2. The predicted octanol–water partition coefficient (Wildman–Crippen LogP) is 4.60. The quantitative estimate of drug-likeness (QED) is 0.481. The number of amides is 2. The summed E-state index contributed by atoms with van der Waals surface area (Å²) in [6, 6.07) is 7.39. The number of hydrogen-bond acceptors (Lipinski definition) is 3. The Morgan fingerprint density at radius 3 is 2.46 bits per heavy atom. The van der Waals surface area contributed by atoms with Crippen LogP contribution in [0.2, 0.25) is 0 Å². The van der Waals surface area contributed by atoms with Gasteiger partial charge in [0, 0.05) is 23.7 Å². The van der Waals surface area contributed by atoms with Gasteiger partial charge in [-0.3, -0.25) is 9.59 Å². The smallest absolute Gasteiger partial charge is 0.227 e. The molecule has 1 aliphatic carbocycles. The molecular formula is C20H29N3O2S. The van der Waals surface area contributed by atoms with Crippen molar-refractivity contribution in [2.45, 2.75) is 64.7 Å². The molecule has 1 saturated carbocycles. The SMILES string of the molecule is CCCCCC(=O)NC(=S)Nc1cccc(NC(=O)C2CCCCC2)c1. The van der Waals surface area contributed by atoms with Crippen molar-refractivity contribution in [3.05, 3.63) is 24.3 Å². The van der Waals surface area contributed by atoms with E-state index in [0.717, 1.165) is 56.3 Å². The molecule has 0 unspecified atom stereocenters. The lowest BCUT2D eigenvalue weighted by Gasteiger charge is -2.21. The predicted molar refractivity (Wildman–Crippen MR) is 110 cm³/mol. The van der Waals surface area contributed by atoms with Crippen LogP contribution < -0.4 is 16.0 Å². The van der Waals surface area contributed by atoms with Gasteiger partial charge in [0.1, 0.15) is 0 Å². The highest BCUT2D eigenvalue weighted by Crippen LogP contribution is 2.25. The summed E-state index contributed by atoms with van der Waals surface area (Å²) < 4.78 is 0. The molecule has 1 aromatic carbocycles. The molecule has 6 heteroatoms. The number of hydrogen-bond donors (Lipinski definition) is 3. The van der Waals surface area contributed by atoms with Crippen molar-refractivity contribution < 1.29 is 9.59 Å². The zero-order chi connectivity index (χ0) is 18.8. The van der Waals surface area contributed by atoms with E-state index in [2.05, 4.69) is 22.9 Å². The van der Waals surface area contributed by atoms with E-state index in [1.165, 1.54) is 6.42 Å². The molecule has 0 atom stereocenters. The van der Waals surface area contributed by atoms with Crippen LogP contribution in [-0.2, 0) is 9.59 Å². The third-order valence-electron chi connectivity index (χ3n) is 4.62. The second-order valence-electron chi connectivity index (χ2n) is 6.86. The zero-order valence-corrected chi connectivity index (χ0v) is 16.3. The summed E-state index contributed by atoms with van der Waals surface area (Å²) in [4.78, 5) is 24.2. The first kappa shape index (κ1) is 20.4. The Bertz CT molecular complexity index is 627. The number of thiocarbonyl (C=S) groups is 1. The molecule has 0 aliphatic heterocycles. The molecule has 0 aromatic heterocycles. The summed E-state index contributed by atoms with van der Waals surface area (Å²) in [6.45, 7) is 2.10. The fourth-order valence-electron chi connectivity index (χ4n) is 3.17. The van der Waals surface area contributed by atoms with E-state index in [-0.39, 0.29) is 22.8 Å².